The summed E-state index contributed by atoms with van der Waals surface area (Å²) >= 11 is 5.92. The highest BCUT2D eigenvalue weighted by Gasteiger charge is 2.05. The molecule has 0 unspecified atom stereocenters. The highest BCUT2D eigenvalue weighted by atomic mass is 35.5. The summed E-state index contributed by atoms with van der Waals surface area (Å²) in [6.45, 7) is 0. The predicted molar refractivity (Wildman–Crippen MR) is 108 cm³/mol. The van der Waals surface area contributed by atoms with E-state index >= 15 is 0 Å². The van der Waals surface area contributed by atoms with Gasteiger partial charge in [0.1, 0.15) is 0 Å². The second kappa shape index (κ2) is 6.94. The number of rotatable bonds is 3. The molecule has 1 heterocycles. The van der Waals surface area contributed by atoms with E-state index in [0.29, 0.717) is 16.4 Å². The first-order chi connectivity index (χ1) is 12.7. The molecule has 3 aromatic carbocycles. The van der Waals surface area contributed by atoms with Gasteiger partial charge in [-0.25, -0.2) is 4.79 Å². The maximum Gasteiger partial charge on any atom is 0.323 e. The fourth-order valence-corrected chi connectivity index (χ4v) is 3.01. The Kier molecular flexibility index (Phi) is 4.33. The third kappa shape index (κ3) is 3.55. The van der Waals surface area contributed by atoms with E-state index in [0.717, 1.165) is 16.8 Å². The number of para-hydroxylation sites is 1. The lowest BCUT2D eigenvalue weighted by atomic mass is 10.1. The van der Waals surface area contributed by atoms with Crippen molar-refractivity contribution in [3.05, 3.63) is 83.9 Å². The predicted octanol–water partition coefficient (Wildman–Crippen LogP) is 6.13. The summed E-state index contributed by atoms with van der Waals surface area (Å²) in [6.07, 6.45) is 0. The number of nitrogens with one attached hydrogen (secondary N) is 3. The number of aromatic nitrogens is 1. The van der Waals surface area contributed by atoms with Crippen LogP contribution in [0.4, 0.5) is 16.2 Å². The number of urea groups is 1. The SMILES string of the molecule is O=C(Nc1ccc(-c2cc3ccccc3[nH]2)cc1)Nc1cccc(Cl)c1. The molecule has 5 heteroatoms. The van der Waals surface area contributed by atoms with Crippen LogP contribution in [0, 0.1) is 0 Å². The highest BCUT2D eigenvalue weighted by molar-refractivity contribution is 6.30. The number of anilines is 2. The molecule has 4 aromatic rings. The molecule has 0 atom stereocenters. The number of amides is 2. The van der Waals surface area contributed by atoms with Gasteiger partial charge in [0.25, 0.3) is 0 Å². The molecule has 4 rings (SSSR count). The van der Waals surface area contributed by atoms with E-state index < -0.39 is 0 Å². The van der Waals surface area contributed by atoms with Crippen LogP contribution in [0.25, 0.3) is 22.2 Å². The van der Waals surface area contributed by atoms with E-state index in [4.69, 9.17) is 11.6 Å². The fraction of sp³-hybridized carbons (Fsp3) is 0. The van der Waals surface area contributed by atoms with Crippen molar-refractivity contribution in [2.75, 3.05) is 10.6 Å². The van der Waals surface area contributed by atoms with Crippen molar-refractivity contribution in [3.63, 3.8) is 0 Å². The minimum Gasteiger partial charge on any atom is -0.355 e. The van der Waals surface area contributed by atoms with Crippen LogP contribution in [0.1, 0.15) is 0 Å². The molecule has 0 fully saturated rings. The second-order valence-electron chi connectivity index (χ2n) is 5.94. The van der Waals surface area contributed by atoms with Crippen LogP contribution in [-0.4, -0.2) is 11.0 Å². The van der Waals surface area contributed by atoms with Crippen molar-refractivity contribution in [1.82, 2.24) is 4.98 Å². The Morgan fingerprint density at radius 1 is 0.808 bits per heavy atom. The van der Waals surface area contributed by atoms with Crippen LogP contribution in [0.15, 0.2) is 78.9 Å². The zero-order chi connectivity index (χ0) is 17.9. The van der Waals surface area contributed by atoms with Gasteiger partial charge >= 0.3 is 6.03 Å². The number of carbonyl (C=O) groups excluding carboxylic acids is 1. The summed E-state index contributed by atoms with van der Waals surface area (Å²) < 4.78 is 0. The summed E-state index contributed by atoms with van der Waals surface area (Å²) in [5.74, 6) is 0. The van der Waals surface area contributed by atoms with E-state index in [1.807, 2.05) is 36.4 Å². The van der Waals surface area contributed by atoms with Crippen LogP contribution < -0.4 is 10.6 Å². The van der Waals surface area contributed by atoms with E-state index in [2.05, 4.69) is 33.8 Å². The zero-order valence-corrected chi connectivity index (χ0v) is 14.5. The Morgan fingerprint density at radius 2 is 1.58 bits per heavy atom. The average molecular weight is 362 g/mol. The number of aromatic amines is 1. The van der Waals surface area contributed by atoms with E-state index in [-0.39, 0.29) is 6.03 Å². The molecule has 0 saturated carbocycles. The molecule has 0 spiro atoms. The lowest BCUT2D eigenvalue weighted by molar-refractivity contribution is 0.262. The molecule has 1 aromatic heterocycles. The summed E-state index contributed by atoms with van der Waals surface area (Å²) in [6, 6.07) is 24.7. The van der Waals surface area contributed by atoms with Crippen LogP contribution in [0.5, 0.6) is 0 Å². The second-order valence-corrected chi connectivity index (χ2v) is 6.37. The quantitative estimate of drug-likeness (QED) is 0.403. The fourth-order valence-electron chi connectivity index (χ4n) is 2.82. The van der Waals surface area contributed by atoms with Gasteiger partial charge in [-0.1, -0.05) is 48.0 Å². The van der Waals surface area contributed by atoms with Crippen molar-refractivity contribution in [2.24, 2.45) is 0 Å². The molecular weight excluding hydrogens is 346 g/mol. The van der Waals surface area contributed by atoms with Gasteiger partial charge in [0.15, 0.2) is 0 Å². The molecule has 0 aliphatic carbocycles. The summed E-state index contributed by atoms with van der Waals surface area (Å²) in [4.78, 5) is 15.5. The monoisotopic (exact) mass is 361 g/mol. The average Bonchev–Trinajstić information content (AvgIpc) is 3.06. The Morgan fingerprint density at radius 3 is 2.35 bits per heavy atom. The molecule has 0 bridgehead atoms. The zero-order valence-electron chi connectivity index (χ0n) is 13.8. The number of hydrogen-bond donors (Lipinski definition) is 3. The number of H-pyrrole nitrogens is 1. The largest absolute Gasteiger partial charge is 0.355 e. The van der Waals surface area contributed by atoms with Gasteiger partial charge in [0.2, 0.25) is 0 Å². The van der Waals surface area contributed by atoms with Crippen molar-refractivity contribution in [2.45, 2.75) is 0 Å². The normalized spacial score (nSPS) is 10.7. The molecule has 128 valence electrons. The molecule has 0 radical (unpaired) electrons. The lowest BCUT2D eigenvalue weighted by Crippen LogP contribution is -2.19. The Balaban J connectivity index is 1.46. The van der Waals surface area contributed by atoms with E-state index in [9.17, 15) is 4.79 Å². The van der Waals surface area contributed by atoms with Crippen LogP contribution in [-0.2, 0) is 0 Å². The minimum absolute atomic E-state index is 0.314. The molecule has 2 amide bonds. The van der Waals surface area contributed by atoms with E-state index in [1.54, 1.807) is 24.3 Å². The first-order valence-corrected chi connectivity index (χ1v) is 8.57. The molecule has 4 nitrogen and oxygen atoms in total. The van der Waals surface area contributed by atoms with Gasteiger partial charge < -0.3 is 15.6 Å². The molecule has 26 heavy (non-hydrogen) atoms. The first-order valence-electron chi connectivity index (χ1n) is 8.19. The standard InChI is InChI=1S/C21H16ClN3O/c22-16-5-3-6-18(13-16)24-21(26)23-17-10-8-14(9-11-17)20-12-15-4-1-2-7-19(15)25-20/h1-13,25H,(H2,23,24,26). The van der Waals surface area contributed by atoms with Crippen molar-refractivity contribution >= 4 is 39.9 Å². The third-order valence-corrected chi connectivity index (χ3v) is 4.30. The maximum atomic E-state index is 12.1. The maximum absolute atomic E-state index is 12.1. The Bertz CT molecular complexity index is 1040. The number of benzene rings is 3. The first kappa shape index (κ1) is 16.2. The van der Waals surface area contributed by atoms with E-state index in [1.165, 1.54) is 5.39 Å². The van der Waals surface area contributed by atoms with Gasteiger partial charge in [-0.05, 0) is 48.0 Å². The molecule has 3 N–H and O–H groups in total. The van der Waals surface area contributed by atoms with Gasteiger partial charge in [0, 0.05) is 33.0 Å². The number of halogens is 1. The smallest absolute Gasteiger partial charge is 0.323 e. The summed E-state index contributed by atoms with van der Waals surface area (Å²) in [7, 11) is 0. The minimum atomic E-state index is -0.314. The molecular formula is C21H16ClN3O. The van der Waals surface area contributed by atoms with Crippen LogP contribution in [0.2, 0.25) is 5.02 Å². The third-order valence-electron chi connectivity index (χ3n) is 4.07. The highest BCUT2D eigenvalue weighted by Crippen LogP contribution is 2.25. The molecule has 0 saturated heterocycles. The van der Waals surface area contributed by atoms with Gasteiger partial charge in [-0.15, -0.1) is 0 Å². The summed E-state index contributed by atoms with van der Waals surface area (Å²) in [5.41, 5.74) is 4.56. The Hall–Kier alpha value is -3.24. The Labute approximate surface area is 155 Å². The van der Waals surface area contributed by atoms with Gasteiger partial charge in [-0.3, -0.25) is 0 Å². The van der Waals surface area contributed by atoms with Gasteiger partial charge in [-0.2, -0.15) is 0 Å². The number of fused-ring (bicyclic) bond motifs is 1. The molecule has 0 aliphatic heterocycles. The topological polar surface area (TPSA) is 56.9 Å². The van der Waals surface area contributed by atoms with Crippen molar-refractivity contribution in [1.29, 1.82) is 0 Å². The van der Waals surface area contributed by atoms with Crippen LogP contribution in [0.3, 0.4) is 0 Å². The van der Waals surface area contributed by atoms with Crippen molar-refractivity contribution in [3.8, 4) is 11.3 Å². The summed E-state index contributed by atoms with van der Waals surface area (Å²) in [5, 5.41) is 7.31. The lowest BCUT2D eigenvalue weighted by Gasteiger charge is -2.08. The van der Waals surface area contributed by atoms with Crippen LogP contribution >= 0.6 is 11.6 Å². The number of hydrogen-bond acceptors (Lipinski definition) is 1. The van der Waals surface area contributed by atoms with Gasteiger partial charge in [0.05, 0.1) is 0 Å². The molecule has 0 aliphatic rings. The van der Waals surface area contributed by atoms with Crippen molar-refractivity contribution < 1.29 is 4.79 Å². The number of carbonyl (C=O) groups is 1.